The molecular formula is C22H29N5O2. The van der Waals surface area contributed by atoms with Crippen molar-refractivity contribution in [3.05, 3.63) is 47.0 Å². The van der Waals surface area contributed by atoms with Crippen LogP contribution in [0, 0.1) is 25.7 Å². The van der Waals surface area contributed by atoms with Gasteiger partial charge in [-0.05, 0) is 32.4 Å². The summed E-state index contributed by atoms with van der Waals surface area (Å²) in [6.07, 6.45) is 0.758. The van der Waals surface area contributed by atoms with Crippen LogP contribution in [0.4, 0.5) is 0 Å². The molecule has 2 aromatic rings. The van der Waals surface area contributed by atoms with Crippen molar-refractivity contribution in [2.24, 2.45) is 11.8 Å². The van der Waals surface area contributed by atoms with Gasteiger partial charge in [0.05, 0.1) is 5.41 Å². The van der Waals surface area contributed by atoms with E-state index in [-0.39, 0.29) is 29.1 Å². The van der Waals surface area contributed by atoms with Crippen LogP contribution in [-0.4, -0.2) is 63.0 Å². The summed E-state index contributed by atoms with van der Waals surface area (Å²) in [4.78, 5) is 34.4. The van der Waals surface area contributed by atoms with Crippen LogP contribution in [0.1, 0.15) is 47.8 Å². The maximum absolute atomic E-state index is 13.1. The summed E-state index contributed by atoms with van der Waals surface area (Å²) in [5.41, 5.74) is 1.51. The third-order valence-corrected chi connectivity index (χ3v) is 6.36. The number of aromatic amines is 1. The fourth-order valence-corrected chi connectivity index (χ4v) is 4.79. The third kappa shape index (κ3) is 3.43. The van der Waals surface area contributed by atoms with Crippen molar-refractivity contribution in [1.29, 1.82) is 0 Å². The highest BCUT2D eigenvalue weighted by molar-refractivity contribution is 5.94. The minimum Gasteiger partial charge on any atom is -0.341 e. The summed E-state index contributed by atoms with van der Waals surface area (Å²) in [7, 11) is 0. The van der Waals surface area contributed by atoms with Crippen LogP contribution in [0.3, 0.4) is 0 Å². The number of carbonyl (C=O) groups is 2. The molecule has 0 bridgehead atoms. The van der Waals surface area contributed by atoms with Gasteiger partial charge in [-0.1, -0.05) is 31.5 Å². The number of amides is 2. The first-order valence-electron chi connectivity index (χ1n) is 10.3. The number of H-pyrrole nitrogens is 1. The highest BCUT2D eigenvalue weighted by Crippen LogP contribution is 2.44. The van der Waals surface area contributed by atoms with Crippen LogP contribution < -0.4 is 0 Å². The largest absolute Gasteiger partial charge is 0.341 e. The molecule has 4 rings (SSSR count). The summed E-state index contributed by atoms with van der Waals surface area (Å²) in [5, 5.41) is 7.43. The number of piperidine rings is 1. The average molecular weight is 396 g/mol. The van der Waals surface area contributed by atoms with E-state index >= 15 is 0 Å². The first-order valence-corrected chi connectivity index (χ1v) is 10.3. The Kier molecular flexibility index (Phi) is 4.92. The predicted octanol–water partition coefficient (Wildman–Crippen LogP) is 2.32. The average Bonchev–Trinajstić information content (AvgIpc) is 3.30. The van der Waals surface area contributed by atoms with E-state index in [2.05, 4.69) is 15.2 Å². The molecule has 29 heavy (non-hydrogen) atoms. The van der Waals surface area contributed by atoms with E-state index < -0.39 is 0 Å². The number of hydrogen-bond acceptors (Lipinski definition) is 4. The van der Waals surface area contributed by atoms with E-state index in [1.54, 1.807) is 0 Å². The summed E-state index contributed by atoms with van der Waals surface area (Å²) in [6.45, 7) is 10.3. The molecule has 2 aliphatic rings. The van der Waals surface area contributed by atoms with Gasteiger partial charge in [0, 0.05) is 43.6 Å². The normalized spacial score (nSPS) is 24.1. The van der Waals surface area contributed by atoms with Gasteiger partial charge >= 0.3 is 0 Å². The Hall–Kier alpha value is -2.70. The van der Waals surface area contributed by atoms with E-state index in [0.29, 0.717) is 26.2 Å². The number of carbonyl (C=O) groups excluding carboxylic acids is 2. The van der Waals surface area contributed by atoms with Gasteiger partial charge in [0.2, 0.25) is 5.91 Å². The van der Waals surface area contributed by atoms with Gasteiger partial charge in [-0.15, -0.1) is 0 Å². The summed E-state index contributed by atoms with van der Waals surface area (Å²) >= 11 is 0. The Morgan fingerprint density at radius 1 is 1.21 bits per heavy atom. The number of likely N-dealkylation sites (tertiary alicyclic amines) is 2. The molecule has 2 unspecified atom stereocenters. The first kappa shape index (κ1) is 19.6. The third-order valence-electron chi connectivity index (χ3n) is 6.36. The number of nitrogens with one attached hydrogen (secondary N) is 1. The van der Waals surface area contributed by atoms with Gasteiger partial charge in [-0.3, -0.25) is 14.7 Å². The second kappa shape index (κ2) is 7.28. The Labute approximate surface area is 171 Å². The number of benzene rings is 1. The minimum atomic E-state index is -0.293. The molecule has 1 aromatic carbocycles. The van der Waals surface area contributed by atoms with Gasteiger partial charge in [0.15, 0.2) is 5.82 Å². The number of aromatic nitrogens is 3. The van der Waals surface area contributed by atoms with E-state index in [1.165, 1.54) is 0 Å². The van der Waals surface area contributed by atoms with Crippen LogP contribution >= 0.6 is 0 Å². The number of aryl methyl sites for hydroxylation is 2. The van der Waals surface area contributed by atoms with Gasteiger partial charge in [0.1, 0.15) is 5.82 Å². The summed E-state index contributed by atoms with van der Waals surface area (Å²) in [6, 6.07) is 7.73. The quantitative estimate of drug-likeness (QED) is 0.865. The van der Waals surface area contributed by atoms with Gasteiger partial charge in [-0.2, -0.15) is 5.10 Å². The molecule has 2 atom stereocenters. The van der Waals surface area contributed by atoms with Crippen molar-refractivity contribution in [2.45, 2.75) is 39.5 Å². The zero-order valence-electron chi connectivity index (χ0n) is 17.6. The molecule has 7 nitrogen and oxygen atoms in total. The molecule has 0 radical (unpaired) electrons. The van der Waals surface area contributed by atoms with Crippen molar-refractivity contribution in [3.63, 3.8) is 0 Å². The Morgan fingerprint density at radius 3 is 2.62 bits per heavy atom. The van der Waals surface area contributed by atoms with Crippen LogP contribution in [-0.2, 0) is 10.2 Å². The van der Waals surface area contributed by atoms with Crippen LogP contribution in [0.2, 0.25) is 0 Å². The van der Waals surface area contributed by atoms with Gasteiger partial charge in [-0.25, -0.2) is 4.98 Å². The first-order chi connectivity index (χ1) is 13.8. The lowest BCUT2D eigenvalue weighted by Crippen LogP contribution is -2.51. The molecule has 2 fully saturated rings. The second-order valence-electron chi connectivity index (χ2n) is 8.84. The summed E-state index contributed by atoms with van der Waals surface area (Å²) < 4.78 is 0. The highest BCUT2D eigenvalue weighted by atomic mass is 16.2. The molecule has 1 N–H and O–H groups in total. The van der Waals surface area contributed by atoms with Crippen molar-refractivity contribution in [2.75, 3.05) is 26.2 Å². The van der Waals surface area contributed by atoms with Gasteiger partial charge in [0.25, 0.3) is 5.91 Å². The minimum absolute atomic E-state index is 0.0499. The number of nitrogens with zero attached hydrogens (tertiary/aromatic N) is 4. The van der Waals surface area contributed by atoms with E-state index in [0.717, 1.165) is 29.2 Å². The number of hydrogen-bond donors (Lipinski definition) is 1. The SMILES string of the molecule is Cc1cccc(C(=O)N2CCC3(c4n[nH]c(C)n4)CN(C(=O)C(C)C)CC3C2)c1. The standard InChI is InChI=1S/C22H29N5O2/c1-14(2)19(28)27-12-18-11-26(20(29)17-7-5-6-15(3)10-17)9-8-22(18,13-27)21-23-16(4)24-25-21/h5-7,10,14,18H,8-9,11-13H2,1-4H3,(H,23,24,25). The fourth-order valence-electron chi connectivity index (χ4n) is 4.79. The molecule has 0 aliphatic carbocycles. The Bertz CT molecular complexity index is 937. The smallest absolute Gasteiger partial charge is 0.253 e. The molecule has 7 heteroatoms. The molecule has 2 amide bonds. The molecule has 1 aromatic heterocycles. The lowest BCUT2D eigenvalue weighted by atomic mass is 9.71. The molecular weight excluding hydrogens is 366 g/mol. The molecule has 2 aliphatic heterocycles. The fraction of sp³-hybridized carbons (Fsp3) is 0.545. The van der Waals surface area contributed by atoms with E-state index in [1.807, 2.05) is 61.8 Å². The molecule has 0 saturated carbocycles. The summed E-state index contributed by atoms with van der Waals surface area (Å²) in [5.74, 6) is 1.85. The second-order valence-corrected chi connectivity index (χ2v) is 8.84. The topological polar surface area (TPSA) is 82.2 Å². The van der Waals surface area contributed by atoms with Crippen molar-refractivity contribution in [3.8, 4) is 0 Å². The molecule has 0 spiro atoms. The predicted molar refractivity (Wildman–Crippen MR) is 109 cm³/mol. The Morgan fingerprint density at radius 2 is 1.97 bits per heavy atom. The van der Waals surface area contributed by atoms with Crippen molar-refractivity contribution >= 4 is 11.8 Å². The lowest BCUT2D eigenvalue weighted by molar-refractivity contribution is -0.133. The highest BCUT2D eigenvalue weighted by Gasteiger charge is 2.54. The van der Waals surface area contributed by atoms with E-state index in [4.69, 9.17) is 0 Å². The molecule has 3 heterocycles. The van der Waals surface area contributed by atoms with Crippen molar-refractivity contribution < 1.29 is 9.59 Å². The maximum atomic E-state index is 13.1. The van der Waals surface area contributed by atoms with E-state index in [9.17, 15) is 9.59 Å². The zero-order chi connectivity index (χ0) is 20.8. The maximum Gasteiger partial charge on any atom is 0.253 e. The van der Waals surface area contributed by atoms with Crippen LogP contribution in [0.25, 0.3) is 0 Å². The lowest BCUT2D eigenvalue weighted by Gasteiger charge is -2.41. The monoisotopic (exact) mass is 395 g/mol. The van der Waals surface area contributed by atoms with Gasteiger partial charge < -0.3 is 9.80 Å². The number of fused-ring (bicyclic) bond motifs is 1. The molecule has 2 saturated heterocycles. The zero-order valence-corrected chi connectivity index (χ0v) is 17.6. The van der Waals surface area contributed by atoms with Crippen LogP contribution in [0.15, 0.2) is 24.3 Å². The van der Waals surface area contributed by atoms with Crippen LogP contribution in [0.5, 0.6) is 0 Å². The Balaban J connectivity index is 1.62. The number of rotatable bonds is 3. The molecule has 154 valence electrons. The van der Waals surface area contributed by atoms with Crippen molar-refractivity contribution in [1.82, 2.24) is 25.0 Å².